The van der Waals surface area contributed by atoms with Crippen LogP contribution in [-0.4, -0.2) is 4.57 Å². The molecule has 1 spiro atoms. The van der Waals surface area contributed by atoms with Gasteiger partial charge in [-0.15, -0.1) is 0 Å². The van der Waals surface area contributed by atoms with Crippen LogP contribution in [0.3, 0.4) is 0 Å². The fourth-order valence-corrected chi connectivity index (χ4v) is 10.1. The van der Waals surface area contributed by atoms with Crippen LogP contribution >= 0.6 is 11.8 Å². The van der Waals surface area contributed by atoms with E-state index in [9.17, 15) is 0 Å². The Balaban J connectivity index is 1.17. The van der Waals surface area contributed by atoms with E-state index in [4.69, 9.17) is 0 Å². The maximum absolute atomic E-state index is 2.51. The zero-order chi connectivity index (χ0) is 34.2. The first-order valence-electron chi connectivity index (χ1n) is 17.9. The van der Waals surface area contributed by atoms with Gasteiger partial charge in [0.25, 0.3) is 0 Å². The molecule has 0 saturated carbocycles. The van der Waals surface area contributed by atoms with Crippen LogP contribution in [-0.2, 0) is 5.41 Å². The molecule has 0 N–H and O–H groups in total. The van der Waals surface area contributed by atoms with Crippen molar-refractivity contribution >= 4 is 50.6 Å². The highest BCUT2D eigenvalue weighted by atomic mass is 32.2. The van der Waals surface area contributed by atoms with E-state index in [1.807, 2.05) is 11.8 Å². The third-order valence-electron chi connectivity index (χ3n) is 11.0. The summed E-state index contributed by atoms with van der Waals surface area (Å²) in [5, 5.41) is 2.59. The summed E-state index contributed by atoms with van der Waals surface area (Å²) in [5.41, 5.74) is 14.4. The molecular weight excluding hydrogens is 649 g/mol. The van der Waals surface area contributed by atoms with Crippen LogP contribution in [0.1, 0.15) is 22.3 Å². The second-order valence-electron chi connectivity index (χ2n) is 13.7. The van der Waals surface area contributed by atoms with Crippen LogP contribution in [0.5, 0.6) is 0 Å². The summed E-state index contributed by atoms with van der Waals surface area (Å²) in [5.74, 6) is 0. The van der Waals surface area contributed by atoms with Gasteiger partial charge in [-0.3, -0.25) is 0 Å². The largest absolute Gasteiger partial charge is 0.310 e. The second-order valence-corrected chi connectivity index (χ2v) is 14.8. The minimum absolute atomic E-state index is 0.495. The molecule has 0 bridgehead atoms. The highest BCUT2D eigenvalue weighted by Crippen LogP contribution is 2.61. The average molecular weight is 681 g/mol. The lowest BCUT2D eigenvalue weighted by Gasteiger charge is -2.45. The first kappa shape index (κ1) is 29.4. The molecule has 3 heterocycles. The van der Waals surface area contributed by atoms with Gasteiger partial charge in [0, 0.05) is 37.6 Å². The lowest BCUT2D eigenvalue weighted by molar-refractivity contribution is 0.689. The average Bonchev–Trinajstić information content (AvgIpc) is 3.56. The van der Waals surface area contributed by atoms with Gasteiger partial charge in [0.15, 0.2) is 0 Å². The second kappa shape index (κ2) is 11.4. The topological polar surface area (TPSA) is 8.17 Å². The normalized spacial score (nSPS) is 15.3. The van der Waals surface area contributed by atoms with Crippen molar-refractivity contribution in [2.45, 2.75) is 15.2 Å². The van der Waals surface area contributed by atoms with Crippen molar-refractivity contribution in [2.24, 2.45) is 0 Å². The molecule has 0 aliphatic carbocycles. The maximum atomic E-state index is 2.51. The van der Waals surface area contributed by atoms with E-state index in [-0.39, 0.29) is 0 Å². The van der Waals surface area contributed by atoms with Crippen LogP contribution in [0.15, 0.2) is 204 Å². The van der Waals surface area contributed by atoms with Gasteiger partial charge in [-0.1, -0.05) is 151 Å². The lowest BCUT2D eigenvalue weighted by Crippen LogP contribution is -2.37. The number of hydrogen-bond acceptors (Lipinski definition) is 2. The summed E-state index contributed by atoms with van der Waals surface area (Å²) in [6.07, 6.45) is 0. The molecule has 0 fully saturated rings. The molecule has 0 saturated heterocycles. The van der Waals surface area contributed by atoms with Gasteiger partial charge in [-0.25, -0.2) is 0 Å². The quantitative estimate of drug-likeness (QED) is 0.183. The summed E-state index contributed by atoms with van der Waals surface area (Å²) in [7, 11) is 0. The molecule has 52 heavy (non-hydrogen) atoms. The van der Waals surface area contributed by atoms with Gasteiger partial charge in [-0.05, 0) is 88.0 Å². The summed E-state index contributed by atoms with van der Waals surface area (Å²) in [6.45, 7) is 0. The lowest BCUT2D eigenvalue weighted by atomic mass is 9.63. The summed E-state index contributed by atoms with van der Waals surface area (Å²) < 4.78 is 2.51. The van der Waals surface area contributed by atoms with Crippen LogP contribution in [0.2, 0.25) is 0 Å². The summed E-state index contributed by atoms with van der Waals surface area (Å²) in [4.78, 5) is 4.95. The SMILES string of the molecule is c1ccc(-c2ccc(N(c3ccccc3)c3ccc4c(c3)Sc3ccccc3C43c4ccccc4-n4c5ccccc5c5cccc3c54)cc2)cc1. The van der Waals surface area contributed by atoms with Gasteiger partial charge in [0.2, 0.25) is 0 Å². The summed E-state index contributed by atoms with van der Waals surface area (Å²) >= 11 is 1.89. The van der Waals surface area contributed by atoms with Gasteiger partial charge in [-0.2, -0.15) is 0 Å². The number of aromatic nitrogens is 1. The van der Waals surface area contributed by atoms with E-state index < -0.39 is 5.41 Å². The number of rotatable bonds is 4. The zero-order valence-corrected chi connectivity index (χ0v) is 29.1. The molecule has 1 aromatic heterocycles. The van der Waals surface area contributed by atoms with Gasteiger partial charge in [0.1, 0.15) is 0 Å². The van der Waals surface area contributed by atoms with E-state index in [0.29, 0.717) is 0 Å². The molecule has 0 radical (unpaired) electrons. The Morgan fingerprint density at radius 3 is 1.85 bits per heavy atom. The molecule has 0 amide bonds. The van der Waals surface area contributed by atoms with Crippen LogP contribution in [0, 0.1) is 0 Å². The van der Waals surface area contributed by atoms with Crippen LogP contribution < -0.4 is 4.90 Å². The molecule has 244 valence electrons. The van der Waals surface area contributed by atoms with Crippen molar-refractivity contribution in [3.63, 3.8) is 0 Å². The Kier molecular flexibility index (Phi) is 6.43. The first-order chi connectivity index (χ1) is 25.8. The molecule has 11 rings (SSSR count). The first-order valence-corrected chi connectivity index (χ1v) is 18.7. The number of nitrogens with zero attached hydrogens (tertiary/aromatic N) is 2. The minimum atomic E-state index is -0.495. The Hall–Kier alpha value is -6.29. The molecule has 1 unspecified atom stereocenters. The fourth-order valence-electron chi connectivity index (χ4n) is 8.91. The number of anilines is 3. The molecular formula is C49H32N2S. The van der Waals surface area contributed by atoms with Crippen molar-refractivity contribution < 1.29 is 0 Å². The van der Waals surface area contributed by atoms with E-state index in [1.54, 1.807) is 0 Å². The highest BCUT2D eigenvalue weighted by Gasteiger charge is 2.49. The standard InChI is InChI=1S/C49H32N2S/c1-3-14-33(15-4-1)34-26-28-36(29-27-34)50(35-16-5-2-6-17-35)37-30-31-42-47(32-37)52-46-25-12-9-21-41(46)49(42)40-20-8-11-24-45(40)51-44-23-10-7-18-38(44)39-19-13-22-43(49)48(39)51/h1-32H. The van der Waals surface area contributed by atoms with Crippen molar-refractivity contribution in [3.05, 3.63) is 216 Å². The number of hydrogen-bond donors (Lipinski definition) is 0. The smallest absolute Gasteiger partial charge is 0.0764 e. The van der Waals surface area contributed by atoms with Crippen LogP contribution in [0.25, 0.3) is 38.6 Å². The third-order valence-corrected chi connectivity index (χ3v) is 12.2. The van der Waals surface area contributed by atoms with E-state index in [2.05, 4.69) is 204 Å². The van der Waals surface area contributed by atoms with Crippen molar-refractivity contribution in [1.29, 1.82) is 0 Å². The fraction of sp³-hybridized carbons (Fsp3) is 0.0204. The van der Waals surface area contributed by atoms with Crippen molar-refractivity contribution in [2.75, 3.05) is 4.90 Å². The molecule has 3 heteroatoms. The number of fused-ring (bicyclic) bond motifs is 11. The van der Waals surface area contributed by atoms with E-state index in [0.717, 1.165) is 17.1 Å². The Bertz CT molecular complexity index is 2820. The highest BCUT2D eigenvalue weighted by molar-refractivity contribution is 7.99. The predicted molar refractivity (Wildman–Crippen MR) is 217 cm³/mol. The Morgan fingerprint density at radius 2 is 1.00 bits per heavy atom. The van der Waals surface area contributed by atoms with E-state index in [1.165, 1.54) is 70.7 Å². The monoisotopic (exact) mass is 680 g/mol. The molecule has 1 atom stereocenters. The Labute approximate surface area is 307 Å². The van der Waals surface area contributed by atoms with Crippen LogP contribution in [0.4, 0.5) is 17.1 Å². The Morgan fingerprint density at radius 1 is 0.404 bits per heavy atom. The maximum Gasteiger partial charge on any atom is 0.0764 e. The molecule has 2 aliphatic rings. The molecule has 9 aromatic rings. The minimum Gasteiger partial charge on any atom is -0.310 e. The third kappa shape index (κ3) is 4.08. The molecule has 2 nitrogen and oxygen atoms in total. The van der Waals surface area contributed by atoms with Gasteiger partial charge < -0.3 is 9.47 Å². The molecule has 2 aliphatic heterocycles. The zero-order valence-electron chi connectivity index (χ0n) is 28.3. The summed E-state index contributed by atoms with van der Waals surface area (Å²) in [6, 6.07) is 71.4. The predicted octanol–water partition coefficient (Wildman–Crippen LogP) is 13.1. The van der Waals surface area contributed by atoms with Crippen molar-refractivity contribution in [3.8, 4) is 16.8 Å². The van der Waals surface area contributed by atoms with Gasteiger partial charge >= 0.3 is 0 Å². The van der Waals surface area contributed by atoms with Gasteiger partial charge in [0.05, 0.1) is 22.1 Å². The molecule has 8 aromatic carbocycles. The number of para-hydroxylation sites is 4. The van der Waals surface area contributed by atoms with E-state index >= 15 is 0 Å². The van der Waals surface area contributed by atoms with Crippen molar-refractivity contribution in [1.82, 2.24) is 4.57 Å². The number of benzene rings is 8.